The highest BCUT2D eigenvalue weighted by Gasteiger charge is 2.38. The maximum Gasteiger partial charge on any atom is 0.337 e. The summed E-state index contributed by atoms with van der Waals surface area (Å²) in [6, 6.07) is 9.52. The van der Waals surface area contributed by atoms with Gasteiger partial charge in [-0.3, -0.25) is 0 Å². The first-order valence-corrected chi connectivity index (χ1v) is 13.7. The van der Waals surface area contributed by atoms with E-state index in [1.807, 2.05) is 17.1 Å². The first kappa shape index (κ1) is 28.4. The highest BCUT2D eigenvalue weighted by molar-refractivity contribution is 6.30. The third kappa shape index (κ3) is 6.49. The summed E-state index contributed by atoms with van der Waals surface area (Å²) in [7, 11) is 1.32. The number of halogens is 3. The summed E-state index contributed by atoms with van der Waals surface area (Å²) >= 11 is 6.08. The number of benzene rings is 2. The second kappa shape index (κ2) is 12.5. The number of methoxy groups -OCH3 is 1. The molecule has 206 valence electrons. The molecule has 4 rings (SSSR count). The van der Waals surface area contributed by atoms with Crippen LogP contribution in [0.3, 0.4) is 0 Å². The SMILES string of the molecule is CCC/C=C/[C@H](O)[C@@H]1CC[C@H]1CN1CCCC(F)(F)c2cc(Cl)ccc2COc2ccc(C(=O)OC)cc21. The number of carbonyl (C=O) groups excluding carboxylic acids is 1. The number of hydrogen-bond donors (Lipinski definition) is 1. The van der Waals surface area contributed by atoms with E-state index >= 15 is 8.78 Å². The van der Waals surface area contributed by atoms with Gasteiger partial charge < -0.3 is 19.5 Å². The van der Waals surface area contributed by atoms with Crippen molar-refractivity contribution < 1.29 is 28.2 Å². The van der Waals surface area contributed by atoms with Crippen LogP contribution in [0.15, 0.2) is 48.6 Å². The highest BCUT2D eigenvalue weighted by Crippen LogP contribution is 2.42. The number of alkyl halides is 2. The van der Waals surface area contributed by atoms with Crippen molar-refractivity contribution in [2.75, 3.05) is 25.1 Å². The van der Waals surface area contributed by atoms with Crippen molar-refractivity contribution in [3.05, 3.63) is 70.3 Å². The van der Waals surface area contributed by atoms with E-state index in [2.05, 4.69) is 6.92 Å². The van der Waals surface area contributed by atoms with Crippen LogP contribution in [-0.2, 0) is 17.3 Å². The van der Waals surface area contributed by atoms with Gasteiger partial charge in [-0.2, -0.15) is 0 Å². The zero-order valence-corrected chi connectivity index (χ0v) is 22.7. The van der Waals surface area contributed by atoms with Crippen LogP contribution >= 0.6 is 11.6 Å². The Morgan fingerprint density at radius 3 is 2.82 bits per heavy atom. The summed E-state index contributed by atoms with van der Waals surface area (Å²) in [4.78, 5) is 14.4. The molecular formula is C30H36ClF2NO4. The lowest BCUT2D eigenvalue weighted by molar-refractivity contribution is -0.0163. The van der Waals surface area contributed by atoms with Crippen LogP contribution in [0, 0.1) is 11.8 Å². The molecule has 0 bridgehead atoms. The van der Waals surface area contributed by atoms with E-state index < -0.39 is 18.0 Å². The maximum atomic E-state index is 15.4. The lowest BCUT2D eigenvalue weighted by Crippen LogP contribution is -2.43. The Balaban J connectivity index is 1.66. The molecule has 5 nitrogen and oxygen atoms in total. The fourth-order valence-corrected chi connectivity index (χ4v) is 5.51. The molecule has 2 aliphatic rings. The number of hydrogen-bond acceptors (Lipinski definition) is 5. The van der Waals surface area contributed by atoms with Gasteiger partial charge in [-0.15, -0.1) is 0 Å². The van der Waals surface area contributed by atoms with Crippen LogP contribution in [0.25, 0.3) is 0 Å². The Morgan fingerprint density at radius 2 is 2.11 bits per heavy atom. The zero-order valence-electron chi connectivity index (χ0n) is 22.0. The quantitative estimate of drug-likeness (QED) is 0.295. The number of fused-ring (bicyclic) bond motifs is 2. The number of nitrogens with zero attached hydrogens (tertiary/aromatic N) is 1. The molecule has 8 heteroatoms. The maximum absolute atomic E-state index is 15.4. The van der Waals surface area contributed by atoms with Crippen LogP contribution in [0.4, 0.5) is 14.5 Å². The molecule has 0 amide bonds. The number of allylic oxidation sites excluding steroid dienone is 1. The van der Waals surface area contributed by atoms with Crippen LogP contribution in [0.2, 0.25) is 5.02 Å². The minimum absolute atomic E-state index is 0.0620. The molecule has 2 aromatic carbocycles. The molecule has 1 fully saturated rings. The van der Waals surface area contributed by atoms with Crippen molar-refractivity contribution in [1.29, 1.82) is 0 Å². The Morgan fingerprint density at radius 1 is 1.29 bits per heavy atom. The molecule has 2 aromatic rings. The zero-order chi connectivity index (χ0) is 27.3. The van der Waals surface area contributed by atoms with E-state index in [-0.39, 0.29) is 41.9 Å². The van der Waals surface area contributed by atoms with Crippen molar-refractivity contribution in [1.82, 2.24) is 0 Å². The first-order chi connectivity index (χ1) is 18.2. The molecule has 0 spiro atoms. The fraction of sp³-hybridized carbons (Fsp3) is 0.500. The average Bonchev–Trinajstić information content (AvgIpc) is 2.90. The van der Waals surface area contributed by atoms with Gasteiger partial charge >= 0.3 is 5.97 Å². The topological polar surface area (TPSA) is 59.0 Å². The lowest BCUT2D eigenvalue weighted by atomic mass is 9.70. The number of unbranched alkanes of at least 4 members (excludes halogenated alkanes) is 1. The lowest BCUT2D eigenvalue weighted by Gasteiger charge is -2.42. The van der Waals surface area contributed by atoms with Crippen LogP contribution in [-0.4, -0.2) is 37.4 Å². The predicted molar refractivity (Wildman–Crippen MR) is 145 cm³/mol. The van der Waals surface area contributed by atoms with Crippen LogP contribution < -0.4 is 9.64 Å². The monoisotopic (exact) mass is 547 g/mol. The minimum Gasteiger partial charge on any atom is -0.487 e. The number of esters is 1. The largest absolute Gasteiger partial charge is 0.487 e. The second-order valence-corrected chi connectivity index (χ2v) is 10.7. The fourth-order valence-electron chi connectivity index (χ4n) is 5.34. The molecule has 1 aliphatic heterocycles. The number of rotatable bonds is 7. The Bertz CT molecular complexity index is 1160. The molecule has 3 atom stereocenters. The van der Waals surface area contributed by atoms with Crippen LogP contribution in [0.1, 0.15) is 66.9 Å². The number of aliphatic hydroxyl groups excluding tert-OH is 1. The summed E-state index contributed by atoms with van der Waals surface area (Å²) in [5.74, 6) is -2.76. The van der Waals surface area contributed by atoms with Gasteiger partial charge in [-0.05, 0) is 73.4 Å². The molecule has 1 heterocycles. The van der Waals surface area contributed by atoms with Crippen molar-refractivity contribution >= 4 is 23.3 Å². The van der Waals surface area contributed by atoms with Gasteiger partial charge in [0.1, 0.15) is 12.4 Å². The van der Waals surface area contributed by atoms with Gasteiger partial charge in [0.25, 0.3) is 5.92 Å². The van der Waals surface area contributed by atoms with E-state index in [1.54, 1.807) is 30.3 Å². The third-order valence-corrected chi connectivity index (χ3v) is 7.88. The van der Waals surface area contributed by atoms with Gasteiger partial charge in [0.15, 0.2) is 0 Å². The third-order valence-electron chi connectivity index (χ3n) is 7.65. The van der Waals surface area contributed by atoms with Gasteiger partial charge in [0.2, 0.25) is 0 Å². The standard InChI is InChI=1S/C30H36ClF2NO4/c1-3-4-5-7-27(35)24-12-9-21(24)18-34-15-6-14-30(32,33)25-17-23(31)11-8-22(25)19-38-28-13-10-20(16-26(28)34)29(36)37-2/h5,7-8,10-11,13,16-17,21,24,27,35H,3-4,6,9,12,14-15,18-19H2,1-2H3/b7-5+/t21-,24+,27-/m0/s1. The van der Waals surface area contributed by atoms with E-state index in [0.717, 1.165) is 25.7 Å². The molecule has 38 heavy (non-hydrogen) atoms. The summed E-state index contributed by atoms with van der Waals surface area (Å²) in [6.45, 7) is 2.94. The molecule has 1 saturated carbocycles. The van der Waals surface area contributed by atoms with E-state index in [9.17, 15) is 9.90 Å². The predicted octanol–water partition coefficient (Wildman–Crippen LogP) is 7.14. The van der Waals surface area contributed by atoms with Gasteiger partial charge in [-0.25, -0.2) is 13.6 Å². The van der Waals surface area contributed by atoms with Gasteiger partial charge in [0, 0.05) is 30.1 Å². The highest BCUT2D eigenvalue weighted by atomic mass is 35.5. The Labute approximate surface area is 228 Å². The average molecular weight is 548 g/mol. The Hall–Kier alpha value is -2.64. The molecule has 0 saturated heterocycles. The number of carbonyl (C=O) groups is 1. The van der Waals surface area contributed by atoms with Crippen molar-refractivity contribution in [3.63, 3.8) is 0 Å². The number of aliphatic hydroxyl groups is 1. The van der Waals surface area contributed by atoms with Crippen LogP contribution in [0.5, 0.6) is 5.75 Å². The first-order valence-electron chi connectivity index (χ1n) is 13.3. The summed E-state index contributed by atoms with van der Waals surface area (Å²) in [5.41, 5.74) is 1.28. The summed E-state index contributed by atoms with van der Waals surface area (Å²) in [6.07, 6.45) is 7.02. The Kier molecular flexibility index (Phi) is 9.32. The van der Waals surface area contributed by atoms with Gasteiger partial charge in [0.05, 0.1) is 24.5 Å². The van der Waals surface area contributed by atoms with E-state index in [0.29, 0.717) is 35.7 Å². The smallest absolute Gasteiger partial charge is 0.337 e. The van der Waals surface area contributed by atoms with Crippen molar-refractivity contribution in [2.24, 2.45) is 11.8 Å². The summed E-state index contributed by atoms with van der Waals surface area (Å²) in [5, 5.41) is 11.0. The molecule has 0 aromatic heterocycles. The van der Waals surface area contributed by atoms with E-state index in [1.165, 1.54) is 13.2 Å². The molecule has 1 N–H and O–H groups in total. The molecule has 0 unspecified atom stereocenters. The number of anilines is 1. The second-order valence-electron chi connectivity index (χ2n) is 10.2. The molecule has 0 radical (unpaired) electrons. The molecular weight excluding hydrogens is 512 g/mol. The minimum atomic E-state index is -3.07. The van der Waals surface area contributed by atoms with Crippen molar-refractivity contribution in [3.8, 4) is 5.75 Å². The summed E-state index contributed by atoms with van der Waals surface area (Å²) < 4.78 is 41.8. The normalized spacial score (nSPS) is 21.9. The van der Waals surface area contributed by atoms with Gasteiger partial charge in [-0.1, -0.05) is 43.2 Å². The number of ether oxygens (including phenoxy) is 2. The van der Waals surface area contributed by atoms with Crippen molar-refractivity contribution in [2.45, 2.75) is 64.1 Å². The molecule has 1 aliphatic carbocycles. The van der Waals surface area contributed by atoms with E-state index in [4.69, 9.17) is 21.1 Å².